The summed E-state index contributed by atoms with van der Waals surface area (Å²) in [5.41, 5.74) is 1.00. The van der Waals surface area contributed by atoms with E-state index in [2.05, 4.69) is 20.5 Å². The molecular weight excluding hydrogens is 304 g/mol. The largest absolute Gasteiger partial charge is 0.494 e. The van der Waals surface area contributed by atoms with Gasteiger partial charge in [0.2, 0.25) is 0 Å². The van der Waals surface area contributed by atoms with Crippen LogP contribution in [0.1, 0.15) is 10.4 Å². The van der Waals surface area contributed by atoms with Gasteiger partial charge < -0.3 is 9.30 Å². The van der Waals surface area contributed by atoms with Crippen molar-refractivity contribution in [1.82, 2.24) is 24.8 Å². The van der Waals surface area contributed by atoms with Gasteiger partial charge in [-0.05, 0) is 28.6 Å². The van der Waals surface area contributed by atoms with Gasteiger partial charge in [0.05, 0.1) is 7.11 Å². The lowest BCUT2D eigenvalue weighted by atomic mass is 10.2. The van der Waals surface area contributed by atoms with Crippen molar-refractivity contribution in [1.29, 1.82) is 0 Å². The normalized spacial score (nSPS) is 11.6. The summed E-state index contributed by atoms with van der Waals surface area (Å²) in [7, 11) is 3.38. The van der Waals surface area contributed by atoms with Crippen molar-refractivity contribution in [3.05, 3.63) is 46.5 Å². The van der Waals surface area contributed by atoms with Crippen molar-refractivity contribution in [3.8, 4) is 11.4 Å². The first kappa shape index (κ1) is 14.1. The zero-order valence-electron chi connectivity index (χ0n) is 11.9. The van der Waals surface area contributed by atoms with Crippen LogP contribution in [0.15, 0.2) is 41.1 Å². The first-order valence-corrected chi connectivity index (χ1v) is 7.17. The van der Waals surface area contributed by atoms with Crippen LogP contribution in [-0.4, -0.2) is 37.8 Å². The van der Waals surface area contributed by atoms with Crippen molar-refractivity contribution in [3.63, 3.8) is 0 Å². The molecule has 22 heavy (non-hydrogen) atoms. The van der Waals surface area contributed by atoms with Crippen molar-refractivity contribution in [2.45, 2.75) is 0 Å². The Hall–Kier alpha value is -2.81. The van der Waals surface area contributed by atoms with E-state index in [-0.39, 0.29) is 5.91 Å². The highest BCUT2D eigenvalue weighted by atomic mass is 32.1. The summed E-state index contributed by atoms with van der Waals surface area (Å²) in [6.07, 6.45) is 3.28. The van der Waals surface area contributed by atoms with Gasteiger partial charge >= 0.3 is 0 Å². The number of carbonyl (C=O) groups excluding carboxylic acids is 1. The number of amides is 1. The Morgan fingerprint density at radius 1 is 1.41 bits per heavy atom. The first-order valence-electron chi connectivity index (χ1n) is 6.29. The van der Waals surface area contributed by atoms with Crippen LogP contribution in [0, 0.1) is 0 Å². The smallest absolute Gasteiger partial charge is 0.279 e. The molecule has 0 aliphatic carbocycles. The van der Waals surface area contributed by atoms with Gasteiger partial charge in [-0.3, -0.25) is 4.79 Å². The van der Waals surface area contributed by atoms with E-state index in [1.165, 1.54) is 22.3 Å². The number of tetrazole rings is 1. The molecule has 2 aromatic heterocycles. The fourth-order valence-electron chi connectivity index (χ4n) is 1.86. The molecule has 0 unspecified atom stereocenters. The second kappa shape index (κ2) is 5.90. The molecule has 1 aromatic carbocycles. The highest BCUT2D eigenvalue weighted by Crippen LogP contribution is 2.23. The van der Waals surface area contributed by atoms with E-state index < -0.39 is 0 Å². The highest BCUT2D eigenvalue weighted by molar-refractivity contribution is 7.07. The van der Waals surface area contributed by atoms with E-state index in [9.17, 15) is 4.79 Å². The van der Waals surface area contributed by atoms with Crippen LogP contribution in [0.2, 0.25) is 0 Å². The first-order chi connectivity index (χ1) is 10.7. The Bertz CT molecular complexity index is 865. The van der Waals surface area contributed by atoms with E-state index in [0.29, 0.717) is 21.8 Å². The van der Waals surface area contributed by atoms with Gasteiger partial charge in [-0.15, -0.1) is 16.4 Å². The monoisotopic (exact) mass is 316 g/mol. The number of hydrogen-bond acceptors (Lipinski definition) is 6. The molecule has 0 saturated carbocycles. The lowest BCUT2D eigenvalue weighted by Gasteiger charge is -2.08. The Balaban J connectivity index is 2.04. The average Bonchev–Trinajstić information content (AvgIpc) is 3.19. The molecule has 0 radical (unpaired) electrons. The third-order valence-corrected chi connectivity index (χ3v) is 3.83. The molecule has 2 heterocycles. The fraction of sp³-hybridized carbons (Fsp3) is 0.154. The summed E-state index contributed by atoms with van der Waals surface area (Å²) in [4.78, 5) is 17.0. The van der Waals surface area contributed by atoms with Gasteiger partial charge in [-0.2, -0.15) is 9.67 Å². The maximum Gasteiger partial charge on any atom is 0.279 e. The SMILES string of the molecule is COc1ccc(C(=O)N=c2sccn2C)cc1-n1cnnn1. The second-order valence-electron chi connectivity index (χ2n) is 4.35. The van der Waals surface area contributed by atoms with Crippen LogP contribution >= 0.6 is 11.3 Å². The molecule has 8 nitrogen and oxygen atoms in total. The number of benzene rings is 1. The van der Waals surface area contributed by atoms with Gasteiger partial charge in [0, 0.05) is 24.2 Å². The minimum Gasteiger partial charge on any atom is -0.494 e. The molecule has 1 amide bonds. The topological polar surface area (TPSA) is 87.2 Å². The van der Waals surface area contributed by atoms with E-state index in [0.717, 1.165) is 0 Å². The van der Waals surface area contributed by atoms with E-state index in [1.54, 1.807) is 29.9 Å². The number of hydrogen-bond donors (Lipinski definition) is 0. The molecule has 0 spiro atoms. The zero-order chi connectivity index (χ0) is 15.5. The summed E-state index contributed by atoms with van der Waals surface area (Å²) < 4.78 is 8.49. The Kier molecular flexibility index (Phi) is 3.79. The summed E-state index contributed by atoms with van der Waals surface area (Å²) in [6, 6.07) is 4.99. The molecular formula is C13H12N6O2S. The third-order valence-electron chi connectivity index (χ3n) is 2.98. The number of carbonyl (C=O) groups is 1. The molecule has 0 bridgehead atoms. The molecule has 0 aliphatic heterocycles. The molecule has 0 fully saturated rings. The van der Waals surface area contributed by atoms with Gasteiger partial charge in [0.25, 0.3) is 5.91 Å². The van der Waals surface area contributed by atoms with Gasteiger partial charge in [0.15, 0.2) is 4.80 Å². The Morgan fingerprint density at radius 2 is 2.27 bits per heavy atom. The van der Waals surface area contributed by atoms with Crippen molar-refractivity contribution in [2.24, 2.45) is 12.0 Å². The van der Waals surface area contributed by atoms with E-state index in [1.807, 2.05) is 18.6 Å². The lowest BCUT2D eigenvalue weighted by Crippen LogP contribution is -2.13. The summed E-state index contributed by atoms with van der Waals surface area (Å²) >= 11 is 1.40. The lowest BCUT2D eigenvalue weighted by molar-refractivity contribution is 0.0998. The van der Waals surface area contributed by atoms with Crippen LogP contribution < -0.4 is 9.54 Å². The van der Waals surface area contributed by atoms with Crippen LogP contribution in [-0.2, 0) is 7.05 Å². The fourth-order valence-corrected chi connectivity index (χ4v) is 2.59. The highest BCUT2D eigenvalue weighted by Gasteiger charge is 2.12. The number of aryl methyl sites for hydroxylation is 1. The number of thiazole rings is 1. The quantitative estimate of drug-likeness (QED) is 0.713. The van der Waals surface area contributed by atoms with Gasteiger partial charge in [-0.1, -0.05) is 0 Å². The van der Waals surface area contributed by atoms with Crippen molar-refractivity contribution < 1.29 is 9.53 Å². The maximum absolute atomic E-state index is 12.3. The van der Waals surface area contributed by atoms with Gasteiger partial charge in [0.1, 0.15) is 17.8 Å². The summed E-state index contributed by atoms with van der Waals surface area (Å²) in [5.74, 6) is 0.223. The predicted octanol–water partition coefficient (Wildman–Crippen LogP) is 0.812. The molecule has 3 rings (SSSR count). The molecule has 0 atom stereocenters. The number of nitrogens with zero attached hydrogens (tertiary/aromatic N) is 6. The van der Waals surface area contributed by atoms with Gasteiger partial charge in [-0.25, -0.2) is 0 Å². The minimum atomic E-state index is -0.338. The predicted molar refractivity (Wildman–Crippen MR) is 78.9 cm³/mol. The van der Waals surface area contributed by atoms with Crippen LogP contribution in [0.5, 0.6) is 5.75 Å². The molecule has 0 aliphatic rings. The maximum atomic E-state index is 12.3. The molecule has 0 saturated heterocycles. The molecule has 3 aromatic rings. The third kappa shape index (κ3) is 2.66. The zero-order valence-corrected chi connectivity index (χ0v) is 12.7. The van der Waals surface area contributed by atoms with Crippen LogP contribution in [0.25, 0.3) is 5.69 Å². The molecule has 112 valence electrons. The van der Waals surface area contributed by atoms with Crippen LogP contribution in [0.4, 0.5) is 0 Å². The van der Waals surface area contributed by atoms with Crippen LogP contribution in [0.3, 0.4) is 0 Å². The number of aromatic nitrogens is 5. The number of methoxy groups -OCH3 is 1. The molecule has 0 N–H and O–H groups in total. The van der Waals surface area contributed by atoms with Crippen molar-refractivity contribution >= 4 is 17.2 Å². The minimum absolute atomic E-state index is 0.338. The van der Waals surface area contributed by atoms with E-state index >= 15 is 0 Å². The number of ether oxygens (including phenoxy) is 1. The molecule has 9 heteroatoms. The van der Waals surface area contributed by atoms with E-state index in [4.69, 9.17) is 4.74 Å². The number of rotatable bonds is 3. The summed E-state index contributed by atoms with van der Waals surface area (Å²) in [6.45, 7) is 0. The Labute approximate surface area is 129 Å². The Morgan fingerprint density at radius 3 is 2.91 bits per heavy atom. The standard InChI is InChI=1S/C13H12N6O2S/c1-18-5-6-22-13(18)15-12(20)9-3-4-11(21-2)10(7-9)19-8-14-16-17-19/h3-8H,1-2H3. The van der Waals surface area contributed by atoms with Crippen molar-refractivity contribution in [2.75, 3.05) is 7.11 Å². The average molecular weight is 316 g/mol. The second-order valence-corrected chi connectivity index (χ2v) is 5.23. The summed E-state index contributed by atoms with van der Waals surface area (Å²) in [5, 5.41) is 12.9.